The third kappa shape index (κ3) is 17.8. The van der Waals surface area contributed by atoms with Crippen molar-refractivity contribution in [2.75, 3.05) is 0 Å². The quantitative estimate of drug-likeness (QED) is 0.162. The number of aryl methyl sites for hydroxylation is 8. The minimum Gasteiger partial charge on any atom is -0.0516 e. The lowest BCUT2D eigenvalue weighted by Gasteiger charge is -2.28. The van der Waals surface area contributed by atoms with E-state index in [9.17, 15) is 0 Å². The average Bonchev–Trinajstić information content (AvgIpc) is 1.54. The van der Waals surface area contributed by atoms with E-state index >= 15 is 0 Å². The lowest BCUT2D eigenvalue weighted by atomic mass is 9.76. The molecule has 127 heavy (non-hydrogen) atoms. The van der Waals surface area contributed by atoms with Crippen molar-refractivity contribution in [1.29, 1.82) is 0 Å². The van der Waals surface area contributed by atoms with Crippen LogP contribution in [0.25, 0.3) is 54.9 Å². The van der Waals surface area contributed by atoms with Crippen LogP contribution in [0.1, 0.15) is 337 Å². The minimum absolute atomic E-state index is 0.0886. The van der Waals surface area contributed by atoms with Crippen LogP contribution in [0.5, 0.6) is 0 Å². The first-order valence-corrected chi connectivity index (χ1v) is 47.8. The fourth-order valence-corrected chi connectivity index (χ4v) is 22.2. The van der Waals surface area contributed by atoms with Gasteiger partial charge < -0.3 is 0 Å². The van der Waals surface area contributed by atoms with Gasteiger partial charge >= 0.3 is 0 Å². The summed E-state index contributed by atoms with van der Waals surface area (Å²) in [6, 6.07) is 0. The van der Waals surface area contributed by atoms with Crippen molar-refractivity contribution in [3.63, 3.8) is 0 Å². The van der Waals surface area contributed by atoms with Gasteiger partial charge in [0, 0.05) is 5.41 Å². The van der Waals surface area contributed by atoms with E-state index in [0.717, 1.165) is 0 Å². The monoisotopic (exact) mass is 1700 g/mol. The lowest BCUT2D eigenvalue weighted by Crippen LogP contribution is -2.19. The van der Waals surface area contributed by atoms with Crippen LogP contribution in [0.3, 0.4) is 0 Å². The van der Waals surface area contributed by atoms with Crippen molar-refractivity contribution in [3.8, 4) is 33.4 Å². The van der Waals surface area contributed by atoms with Crippen LogP contribution in [-0.2, 0) is 5.41 Å². The number of rotatable bonds is 2. The van der Waals surface area contributed by atoms with Crippen molar-refractivity contribution in [2.45, 2.75) is 407 Å². The van der Waals surface area contributed by atoms with Crippen LogP contribution >= 0.6 is 0 Å². The van der Waals surface area contributed by atoms with Crippen LogP contribution < -0.4 is 0 Å². The highest BCUT2D eigenvalue weighted by molar-refractivity contribution is 5.99. The highest BCUT2D eigenvalue weighted by Crippen LogP contribution is 2.56. The zero-order valence-corrected chi connectivity index (χ0v) is 92.5. The van der Waals surface area contributed by atoms with Gasteiger partial charge in [-0.15, -0.1) is 0 Å². The summed E-state index contributed by atoms with van der Waals surface area (Å²) in [5.74, 6) is 0. The molecule has 0 heteroatoms. The van der Waals surface area contributed by atoms with Gasteiger partial charge in [0.2, 0.25) is 0 Å². The van der Waals surface area contributed by atoms with Gasteiger partial charge in [-0.05, 0) is 765 Å². The molecule has 0 atom stereocenters. The molecule has 0 unspecified atom stereocenters. The zero-order valence-electron chi connectivity index (χ0n) is 92.5. The molecule has 1 aliphatic carbocycles. The van der Waals surface area contributed by atoms with Crippen LogP contribution in [-0.4, -0.2) is 0 Å². The predicted molar refractivity (Wildman–Crippen MR) is 574 cm³/mol. The summed E-state index contributed by atoms with van der Waals surface area (Å²) in [7, 11) is 0. The summed E-state index contributed by atoms with van der Waals surface area (Å²) in [4.78, 5) is 0. The van der Waals surface area contributed by atoms with E-state index in [1.54, 1.807) is 11.1 Å². The van der Waals surface area contributed by atoms with E-state index in [1.165, 1.54) is 366 Å². The Morgan fingerprint density at radius 2 is 0.150 bits per heavy atom. The highest BCUT2D eigenvalue weighted by atomic mass is 14.4. The zero-order chi connectivity index (χ0) is 97.8. The summed E-state index contributed by atoms with van der Waals surface area (Å²) in [6.45, 7) is 131. The predicted octanol–water partition coefficient (Wildman–Crippen LogP) is 37.0. The van der Waals surface area contributed by atoms with E-state index in [0.29, 0.717) is 0 Å². The molecule has 13 rings (SSSR count). The Balaban J connectivity index is 0.000000205. The molecule has 682 valence electrons. The van der Waals surface area contributed by atoms with Gasteiger partial charge in [0.05, 0.1) is 0 Å². The van der Waals surface area contributed by atoms with Crippen LogP contribution in [0.2, 0.25) is 0 Å². The van der Waals surface area contributed by atoms with Gasteiger partial charge in [0.15, 0.2) is 0 Å². The second kappa shape index (κ2) is 39.1. The molecule has 1 aliphatic rings. The molecule has 0 amide bonds. The van der Waals surface area contributed by atoms with Crippen LogP contribution in [0.15, 0.2) is 0 Å². The van der Waals surface area contributed by atoms with E-state index < -0.39 is 0 Å². The summed E-state index contributed by atoms with van der Waals surface area (Å²) >= 11 is 0. The van der Waals surface area contributed by atoms with Gasteiger partial charge in [-0.2, -0.15) is 0 Å². The fourth-order valence-electron chi connectivity index (χ4n) is 22.2. The van der Waals surface area contributed by atoms with Gasteiger partial charge in [-0.3, -0.25) is 0 Å². The fraction of sp³-hybridized carbons (Fsp3) is 0.465. The van der Waals surface area contributed by atoms with E-state index in [-0.39, 0.29) is 5.41 Å². The molecule has 0 aliphatic heterocycles. The van der Waals surface area contributed by atoms with E-state index in [2.05, 4.69) is 402 Å². The normalized spacial score (nSPS) is 11.8. The molecular weight excluding hydrogens is 1530 g/mol. The molecular formula is C127H174. The van der Waals surface area contributed by atoms with Gasteiger partial charge in [-0.1, -0.05) is 13.8 Å². The van der Waals surface area contributed by atoms with Crippen molar-refractivity contribution in [2.24, 2.45) is 0 Å². The molecule has 0 heterocycles. The standard InChI is InChI=1S/C23H30.2C22H30.2C18H24.2C12H18/c1-11-13(3)17(7)21-19(15(11)5)20-16(6)12(2)14(4)18(8)22(20)23(21,9)10;2*1-11-13(3)17(7)21(18(8)14(11)4)22-19(9)15(5)12(2)16(6)20(22)10;2*1-9-10(2)14(6)18-16(8)12(4)11(3)15(7)17(18)13(9)5;2*1-7-8(2)10(4)12(6)11(5)9(7)3/h1-10H3;2*1-10H3;2*1-8H3;2*1-6H3. The van der Waals surface area contributed by atoms with Crippen LogP contribution in [0.4, 0.5) is 0 Å². The van der Waals surface area contributed by atoms with Crippen molar-refractivity contribution in [1.82, 2.24) is 0 Å². The topological polar surface area (TPSA) is 0 Å². The Bertz CT molecular complexity index is 5460. The number of fused-ring (bicyclic) bond motifs is 5. The molecule has 12 aromatic rings. The Labute approximate surface area is 779 Å². The maximum atomic E-state index is 2.42. The second-order valence-electron chi connectivity index (χ2n) is 41.1. The SMILES string of the molecule is Cc1c(C)c(C)c(-c2c(C)c(C)c(C)c(C)c2C)c(C)c1C.Cc1c(C)c(C)c(-c2c(C)c(C)c(C)c(C)c2C)c(C)c1C.Cc1c(C)c(C)c(C)c(C)c1C.Cc1c(C)c(C)c(C)c(C)c1C.Cc1c(C)c(C)c2c(C)c(C)c(C)c(C)c2c1C.Cc1c(C)c(C)c2c(C)c(C)c(C)c(C)c2c1C.Cc1c(C)c(C)c2c(c1C)-c1c(C)c(C)c(C)c(C)c1C2(C)C. The Hall–Kier alpha value is -8.84. The molecule has 0 nitrogen and oxygen atoms in total. The molecule has 0 fully saturated rings. The molecule has 0 spiro atoms. The number of hydrogen-bond acceptors (Lipinski definition) is 0. The van der Waals surface area contributed by atoms with Crippen molar-refractivity contribution >= 4 is 21.5 Å². The molecule has 0 saturated carbocycles. The molecule has 0 radical (unpaired) electrons. The van der Waals surface area contributed by atoms with Crippen molar-refractivity contribution < 1.29 is 0 Å². The van der Waals surface area contributed by atoms with E-state index in [1.807, 2.05) is 0 Å². The molecule has 0 saturated heterocycles. The first-order chi connectivity index (χ1) is 58.2. The smallest absolute Gasteiger partial charge is 0.0164 e. The largest absolute Gasteiger partial charge is 0.0516 e. The molecule has 0 aromatic heterocycles. The molecule has 0 bridgehead atoms. The second-order valence-corrected chi connectivity index (χ2v) is 41.1. The first kappa shape index (κ1) is 105. The van der Waals surface area contributed by atoms with Crippen molar-refractivity contribution in [3.05, 3.63) is 323 Å². The van der Waals surface area contributed by atoms with Gasteiger partial charge in [0.1, 0.15) is 0 Å². The Morgan fingerprint density at radius 1 is 0.0787 bits per heavy atom. The van der Waals surface area contributed by atoms with Crippen LogP contribution in [0, 0.1) is 388 Å². The Morgan fingerprint density at radius 3 is 0.252 bits per heavy atom. The third-order valence-electron chi connectivity index (χ3n) is 36.4. The van der Waals surface area contributed by atoms with Gasteiger partial charge in [-0.25, -0.2) is 0 Å². The summed E-state index contributed by atoms with van der Waals surface area (Å²) in [5, 5.41) is 5.93. The average molecular weight is 1700 g/mol. The number of benzene rings is 12. The highest BCUT2D eigenvalue weighted by Gasteiger charge is 2.42. The third-order valence-corrected chi connectivity index (χ3v) is 36.4. The summed E-state index contributed by atoms with van der Waals surface area (Å²) in [6.07, 6.45) is 0. The van der Waals surface area contributed by atoms with Gasteiger partial charge in [0.25, 0.3) is 0 Å². The van der Waals surface area contributed by atoms with E-state index in [4.69, 9.17) is 0 Å². The lowest BCUT2D eigenvalue weighted by molar-refractivity contribution is 0.648. The number of hydrogen-bond donors (Lipinski definition) is 0. The summed E-state index contributed by atoms with van der Waals surface area (Å²) in [5.41, 5.74) is 93.3. The molecule has 12 aromatic carbocycles. The minimum atomic E-state index is 0.0886. The summed E-state index contributed by atoms with van der Waals surface area (Å²) < 4.78 is 0. The first-order valence-electron chi connectivity index (χ1n) is 47.8. The maximum absolute atomic E-state index is 2.42. The maximum Gasteiger partial charge on any atom is 0.0164 e. The molecule has 0 N–H and O–H groups in total. The Kier molecular flexibility index (Phi) is 32.4.